The molecule has 1 saturated heterocycles. The maximum Gasteiger partial charge on any atom is 0.243 e. The molecule has 20 heavy (non-hydrogen) atoms. The lowest BCUT2D eigenvalue weighted by Gasteiger charge is -2.22. The summed E-state index contributed by atoms with van der Waals surface area (Å²) in [7, 11) is -2.38. The van der Waals surface area contributed by atoms with Gasteiger partial charge in [0.25, 0.3) is 0 Å². The lowest BCUT2D eigenvalue weighted by molar-refractivity contribution is -0.123. The Bertz CT molecular complexity index is 631. The maximum atomic E-state index is 13.6. The molecule has 1 aliphatic rings. The van der Waals surface area contributed by atoms with Gasteiger partial charge in [-0.25, -0.2) is 12.8 Å². The van der Waals surface area contributed by atoms with E-state index >= 15 is 0 Å². The van der Waals surface area contributed by atoms with Crippen LogP contribution >= 0.6 is 0 Å². The van der Waals surface area contributed by atoms with E-state index in [0.717, 1.165) is 10.4 Å². The molecule has 5 nitrogen and oxygen atoms in total. The Kier molecular flexibility index (Phi) is 4.10. The monoisotopic (exact) mass is 300 g/mol. The SMILES string of the molecule is CNC(=O)C1CCCN1S(=O)(=O)c1ccc(C)c(F)c1. The molecule has 0 aliphatic carbocycles. The van der Waals surface area contributed by atoms with Crippen LogP contribution < -0.4 is 5.32 Å². The summed E-state index contributed by atoms with van der Waals surface area (Å²) in [6.45, 7) is 1.84. The summed E-state index contributed by atoms with van der Waals surface area (Å²) < 4.78 is 39.7. The van der Waals surface area contributed by atoms with E-state index in [1.54, 1.807) is 6.92 Å². The molecule has 7 heteroatoms. The van der Waals surface area contributed by atoms with Gasteiger partial charge in [0.05, 0.1) is 4.90 Å². The molecule has 110 valence electrons. The van der Waals surface area contributed by atoms with Gasteiger partial charge in [-0.05, 0) is 37.5 Å². The first-order valence-electron chi connectivity index (χ1n) is 6.37. The van der Waals surface area contributed by atoms with Gasteiger partial charge < -0.3 is 5.32 Å². The first kappa shape index (κ1) is 14.9. The van der Waals surface area contributed by atoms with E-state index in [4.69, 9.17) is 0 Å². The smallest absolute Gasteiger partial charge is 0.243 e. The molecule has 2 rings (SSSR count). The minimum atomic E-state index is -3.85. The highest BCUT2D eigenvalue weighted by Crippen LogP contribution is 2.27. The second-order valence-corrected chi connectivity index (χ2v) is 6.69. The summed E-state index contributed by atoms with van der Waals surface area (Å²) >= 11 is 0. The third kappa shape index (κ3) is 2.55. The number of benzene rings is 1. The highest BCUT2D eigenvalue weighted by atomic mass is 32.2. The Morgan fingerprint density at radius 1 is 1.45 bits per heavy atom. The summed E-state index contributed by atoms with van der Waals surface area (Å²) in [6.07, 6.45) is 1.10. The van der Waals surface area contributed by atoms with Gasteiger partial charge >= 0.3 is 0 Å². The van der Waals surface area contributed by atoms with Crippen LogP contribution in [0.5, 0.6) is 0 Å². The van der Waals surface area contributed by atoms with Crippen molar-refractivity contribution < 1.29 is 17.6 Å². The lowest BCUT2D eigenvalue weighted by Crippen LogP contribution is -2.44. The summed E-state index contributed by atoms with van der Waals surface area (Å²) in [5, 5.41) is 2.46. The van der Waals surface area contributed by atoms with Crippen LogP contribution in [0.25, 0.3) is 0 Å². The number of sulfonamides is 1. The van der Waals surface area contributed by atoms with Crippen molar-refractivity contribution in [3.05, 3.63) is 29.6 Å². The lowest BCUT2D eigenvalue weighted by atomic mass is 10.2. The van der Waals surface area contributed by atoms with Gasteiger partial charge in [-0.3, -0.25) is 4.79 Å². The molecule has 1 fully saturated rings. The molecule has 1 aromatic carbocycles. The summed E-state index contributed by atoms with van der Waals surface area (Å²) in [6, 6.07) is 3.08. The molecule has 0 radical (unpaired) electrons. The van der Waals surface area contributed by atoms with E-state index in [1.165, 1.54) is 19.2 Å². The predicted octanol–water partition coefficient (Wildman–Crippen LogP) is 1.03. The fraction of sp³-hybridized carbons (Fsp3) is 0.462. The van der Waals surface area contributed by atoms with E-state index in [0.29, 0.717) is 18.4 Å². The van der Waals surface area contributed by atoms with Crippen molar-refractivity contribution in [1.82, 2.24) is 9.62 Å². The molecule has 0 spiro atoms. The van der Waals surface area contributed by atoms with Crippen molar-refractivity contribution in [1.29, 1.82) is 0 Å². The normalized spacial score (nSPS) is 20.1. The summed E-state index contributed by atoms with van der Waals surface area (Å²) in [5.41, 5.74) is 0.383. The van der Waals surface area contributed by atoms with E-state index in [1.807, 2.05) is 0 Å². The Morgan fingerprint density at radius 3 is 2.75 bits per heavy atom. The molecule has 1 aromatic rings. The zero-order valence-electron chi connectivity index (χ0n) is 11.4. The minimum Gasteiger partial charge on any atom is -0.358 e. The Hall–Kier alpha value is -1.47. The molecule has 1 unspecified atom stereocenters. The Balaban J connectivity index is 2.38. The first-order valence-corrected chi connectivity index (χ1v) is 7.81. The van der Waals surface area contributed by atoms with Gasteiger partial charge in [0.2, 0.25) is 15.9 Å². The zero-order chi connectivity index (χ0) is 14.9. The molecular weight excluding hydrogens is 283 g/mol. The zero-order valence-corrected chi connectivity index (χ0v) is 12.2. The number of halogens is 1. The molecule has 1 N–H and O–H groups in total. The Labute approximate surface area is 117 Å². The number of likely N-dealkylation sites (N-methyl/N-ethyl adjacent to an activating group) is 1. The number of hydrogen-bond donors (Lipinski definition) is 1. The van der Waals surface area contributed by atoms with Crippen molar-refractivity contribution in [2.45, 2.75) is 30.7 Å². The molecule has 1 aliphatic heterocycles. The van der Waals surface area contributed by atoms with Crippen LogP contribution in [0.15, 0.2) is 23.1 Å². The maximum absolute atomic E-state index is 13.6. The third-order valence-corrected chi connectivity index (χ3v) is 5.41. The average molecular weight is 300 g/mol. The highest BCUT2D eigenvalue weighted by Gasteiger charge is 2.39. The van der Waals surface area contributed by atoms with Gasteiger partial charge in [-0.15, -0.1) is 0 Å². The van der Waals surface area contributed by atoms with Gasteiger partial charge in [0, 0.05) is 13.6 Å². The van der Waals surface area contributed by atoms with Crippen LogP contribution in [-0.4, -0.2) is 38.3 Å². The number of nitrogens with one attached hydrogen (secondary N) is 1. The fourth-order valence-electron chi connectivity index (χ4n) is 2.33. The standard InChI is InChI=1S/C13H17FN2O3S/c1-9-5-6-10(8-11(9)14)20(18,19)16-7-3-4-12(16)13(17)15-2/h5-6,8,12H,3-4,7H2,1-2H3,(H,15,17). The average Bonchev–Trinajstić information content (AvgIpc) is 2.90. The number of carbonyl (C=O) groups is 1. The largest absolute Gasteiger partial charge is 0.358 e. The van der Waals surface area contributed by atoms with Crippen LogP contribution in [0, 0.1) is 12.7 Å². The second kappa shape index (κ2) is 5.49. The van der Waals surface area contributed by atoms with Crippen LogP contribution in [0.4, 0.5) is 4.39 Å². The van der Waals surface area contributed by atoms with E-state index in [9.17, 15) is 17.6 Å². The minimum absolute atomic E-state index is 0.114. The molecular formula is C13H17FN2O3S. The van der Waals surface area contributed by atoms with Crippen LogP contribution in [0.3, 0.4) is 0 Å². The van der Waals surface area contributed by atoms with Crippen molar-refractivity contribution in [3.8, 4) is 0 Å². The number of amides is 1. The molecule has 0 saturated carbocycles. The van der Waals surface area contributed by atoms with Gasteiger partial charge in [-0.1, -0.05) is 6.07 Å². The predicted molar refractivity (Wildman–Crippen MR) is 72.1 cm³/mol. The number of rotatable bonds is 3. The highest BCUT2D eigenvalue weighted by molar-refractivity contribution is 7.89. The van der Waals surface area contributed by atoms with Crippen LogP contribution in [0.1, 0.15) is 18.4 Å². The van der Waals surface area contributed by atoms with Crippen molar-refractivity contribution in [3.63, 3.8) is 0 Å². The quantitative estimate of drug-likeness (QED) is 0.907. The first-order chi connectivity index (χ1) is 9.37. The number of hydrogen-bond acceptors (Lipinski definition) is 3. The van der Waals surface area contributed by atoms with Crippen molar-refractivity contribution in [2.75, 3.05) is 13.6 Å². The Morgan fingerprint density at radius 2 is 2.15 bits per heavy atom. The molecule has 1 heterocycles. The van der Waals surface area contributed by atoms with Gasteiger partial charge in [0.15, 0.2) is 0 Å². The summed E-state index contributed by atoms with van der Waals surface area (Å²) in [4.78, 5) is 11.6. The van der Waals surface area contributed by atoms with E-state index in [2.05, 4.69) is 5.32 Å². The number of nitrogens with zero attached hydrogens (tertiary/aromatic N) is 1. The second-order valence-electron chi connectivity index (χ2n) is 4.80. The van der Waals surface area contributed by atoms with E-state index < -0.39 is 21.9 Å². The molecule has 1 atom stereocenters. The van der Waals surface area contributed by atoms with Gasteiger partial charge in [-0.2, -0.15) is 4.31 Å². The number of carbonyl (C=O) groups excluding carboxylic acids is 1. The van der Waals surface area contributed by atoms with Crippen LogP contribution in [-0.2, 0) is 14.8 Å². The molecule has 0 aromatic heterocycles. The fourth-order valence-corrected chi connectivity index (χ4v) is 3.99. The van der Waals surface area contributed by atoms with E-state index in [-0.39, 0.29) is 17.3 Å². The van der Waals surface area contributed by atoms with Gasteiger partial charge in [0.1, 0.15) is 11.9 Å². The van der Waals surface area contributed by atoms with Crippen molar-refractivity contribution >= 4 is 15.9 Å². The third-order valence-electron chi connectivity index (χ3n) is 3.50. The van der Waals surface area contributed by atoms with Crippen LogP contribution in [0.2, 0.25) is 0 Å². The molecule has 0 bridgehead atoms. The topological polar surface area (TPSA) is 66.5 Å². The summed E-state index contributed by atoms with van der Waals surface area (Å²) in [5.74, 6) is -0.902. The van der Waals surface area contributed by atoms with Crippen molar-refractivity contribution in [2.24, 2.45) is 0 Å². The number of aryl methyl sites for hydroxylation is 1. The molecule has 1 amide bonds.